The second kappa shape index (κ2) is 5.29. The Balaban J connectivity index is 2.06. The van der Waals surface area contributed by atoms with Gasteiger partial charge in [0, 0.05) is 5.56 Å². The molecule has 2 rings (SSSR count). The Morgan fingerprint density at radius 2 is 2.06 bits per heavy atom. The lowest BCUT2D eigenvalue weighted by Crippen LogP contribution is -2.20. The lowest BCUT2D eigenvalue weighted by Gasteiger charge is -2.08. The van der Waals surface area contributed by atoms with E-state index in [1.807, 2.05) is 12.1 Å². The number of hydrogen-bond donors (Lipinski definition) is 2. The number of hydrogen-bond acceptors (Lipinski definition) is 4. The molecule has 4 nitrogen and oxygen atoms in total. The first-order valence-electron chi connectivity index (χ1n) is 5.87. The Bertz CT molecular complexity index is 398. The van der Waals surface area contributed by atoms with Crippen LogP contribution in [0.15, 0.2) is 29.3 Å². The van der Waals surface area contributed by atoms with Crippen LogP contribution in [0.5, 0.6) is 0 Å². The summed E-state index contributed by atoms with van der Waals surface area (Å²) in [6.45, 7) is 4.29. The molecule has 0 radical (unpaired) electrons. The van der Waals surface area contributed by atoms with E-state index in [-0.39, 0.29) is 12.8 Å². The molecular weight excluding hydrogens is 216 g/mol. The van der Waals surface area contributed by atoms with Crippen molar-refractivity contribution in [2.45, 2.75) is 26.5 Å². The molecule has 0 bridgehead atoms. The van der Waals surface area contributed by atoms with E-state index in [1.165, 1.54) is 5.56 Å². The zero-order valence-corrected chi connectivity index (χ0v) is 10.2. The van der Waals surface area contributed by atoms with Gasteiger partial charge in [0.1, 0.15) is 12.4 Å². The van der Waals surface area contributed by atoms with Crippen molar-refractivity contribution in [3.8, 4) is 0 Å². The second-order valence-electron chi connectivity index (χ2n) is 4.65. The lowest BCUT2D eigenvalue weighted by molar-refractivity contribution is 0.0362. The van der Waals surface area contributed by atoms with Gasteiger partial charge in [0.2, 0.25) is 6.23 Å². The van der Waals surface area contributed by atoms with Gasteiger partial charge in [-0.3, -0.25) is 0 Å². The van der Waals surface area contributed by atoms with Gasteiger partial charge in [-0.05, 0) is 17.9 Å². The summed E-state index contributed by atoms with van der Waals surface area (Å²) < 4.78 is 0. The van der Waals surface area contributed by atoms with Gasteiger partial charge in [-0.15, -0.1) is 0 Å². The molecule has 1 aromatic carbocycles. The van der Waals surface area contributed by atoms with Crippen molar-refractivity contribution in [3.05, 3.63) is 35.4 Å². The van der Waals surface area contributed by atoms with Crippen LogP contribution in [0.25, 0.3) is 0 Å². The van der Waals surface area contributed by atoms with Gasteiger partial charge >= 0.3 is 0 Å². The van der Waals surface area contributed by atoms with E-state index in [1.54, 1.807) is 0 Å². The van der Waals surface area contributed by atoms with E-state index in [0.717, 1.165) is 12.0 Å². The van der Waals surface area contributed by atoms with Gasteiger partial charge < -0.3 is 5.11 Å². The molecule has 1 aliphatic heterocycles. The molecule has 0 aromatic heterocycles. The first kappa shape index (κ1) is 12.1. The first-order valence-corrected chi connectivity index (χ1v) is 5.87. The topological polar surface area (TPSA) is 53.9 Å². The number of rotatable bonds is 4. The van der Waals surface area contributed by atoms with Gasteiger partial charge in [-0.1, -0.05) is 38.1 Å². The van der Waals surface area contributed by atoms with Crippen molar-refractivity contribution < 1.29 is 9.94 Å². The minimum Gasteiger partial charge on any atom is -0.388 e. The zero-order chi connectivity index (χ0) is 12.3. The molecule has 0 amide bonds. The lowest BCUT2D eigenvalue weighted by atomic mass is 10.0. The molecular formula is C13H18N2O2. The molecule has 2 N–H and O–H groups in total. The predicted octanol–water partition coefficient (Wildman–Crippen LogP) is 1.81. The smallest absolute Gasteiger partial charge is 0.202 e. The predicted molar refractivity (Wildman–Crippen MR) is 66.5 cm³/mol. The molecule has 0 aliphatic carbocycles. The fourth-order valence-electron chi connectivity index (χ4n) is 1.82. The molecule has 0 saturated heterocycles. The summed E-state index contributed by atoms with van der Waals surface area (Å²) in [7, 11) is 0. The van der Waals surface area contributed by atoms with Crippen LogP contribution in [0.4, 0.5) is 0 Å². The zero-order valence-electron chi connectivity index (χ0n) is 10.2. The fourth-order valence-corrected chi connectivity index (χ4v) is 1.82. The summed E-state index contributed by atoms with van der Waals surface area (Å²) in [5.74, 6) is 1.13. The normalized spacial score (nSPS) is 19.3. The third-order valence-electron chi connectivity index (χ3n) is 2.62. The molecule has 17 heavy (non-hydrogen) atoms. The molecule has 0 spiro atoms. The van der Waals surface area contributed by atoms with Gasteiger partial charge in [-0.25, -0.2) is 15.3 Å². The second-order valence-corrected chi connectivity index (χ2v) is 4.65. The SMILES string of the molecule is CC(C)Cc1ccc(C2N=C(CO)NO2)cc1. The number of aliphatic imine (C=N–C) groups is 1. The molecule has 0 saturated carbocycles. The molecule has 1 heterocycles. The van der Waals surface area contributed by atoms with Crippen LogP contribution in [-0.4, -0.2) is 17.5 Å². The van der Waals surface area contributed by atoms with Crippen LogP contribution in [0.3, 0.4) is 0 Å². The summed E-state index contributed by atoms with van der Waals surface area (Å²) in [4.78, 5) is 9.45. The van der Waals surface area contributed by atoms with Crippen LogP contribution in [0.2, 0.25) is 0 Å². The summed E-state index contributed by atoms with van der Waals surface area (Å²) in [6, 6.07) is 8.25. The summed E-state index contributed by atoms with van der Waals surface area (Å²) in [6.07, 6.45) is 0.736. The third-order valence-corrected chi connectivity index (χ3v) is 2.62. The minimum absolute atomic E-state index is 0.123. The highest BCUT2D eigenvalue weighted by Crippen LogP contribution is 2.22. The third kappa shape index (κ3) is 3.05. The average Bonchev–Trinajstić information content (AvgIpc) is 2.78. The maximum atomic E-state index is 8.90. The monoisotopic (exact) mass is 234 g/mol. The summed E-state index contributed by atoms with van der Waals surface area (Å²) in [5, 5.41) is 8.90. The van der Waals surface area contributed by atoms with Crippen molar-refractivity contribution in [3.63, 3.8) is 0 Å². The number of benzene rings is 1. The highest BCUT2D eigenvalue weighted by Gasteiger charge is 2.18. The van der Waals surface area contributed by atoms with E-state index in [0.29, 0.717) is 11.8 Å². The maximum absolute atomic E-state index is 8.90. The minimum atomic E-state index is -0.342. The standard InChI is InChI=1S/C13H18N2O2/c1-9(2)7-10-3-5-11(6-4-10)13-14-12(8-16)15-17-13/h3-6,9,13,16H,7-8H2,1-2H3,(H,14,15). The highest BCUT2D eigenvalue weighted by molar-refractivity contribution is 5.83. The molecule has 1 aromatic rings. The average molecular weight is 234 g/mol. The van der Waals surface area contributed by atoms with Gasteiger partial charge in [0.05, 0.1) is 0 Å². The number of amidine groups is 1. The summed E-state index contributed by atoms with van der Waals surface area (Å²) in [5.41, 5.74) is 4.92. The number of nitrogens with zero attached hydrogens (tertiary/aromatic N) is 1. The number of aliphatic hydroxyl groups is 1. The van der Waals surface area contributed by atoms with E-state index < -0.39 is 0 Å². The van der Waals surface area contributed by atoms with Gasteiger partial charge in [0.25, 0.3) is 0 Å². The Kier molecular flexibility index (Phi) is 3.76. The molecule has 1 unspecified atom stereocenters. The molecule has 1 aliphatic rings. The van der Waals surface area contributed by atoms with Crippen LogP contribution in [0.1, 0.15) is 31.2 Å². The fraction of sp³-hybridized carbons (Fsp3) is 0.462. The Morgan fingerprint density at radius 1 is 1.35 bits per heavy atom. The van der Waals surface area contributed by atoms with Crippen molar-refractivity contribution in [2.75, 3.05) is 6.61 Å². The molecule has 92 valence electrons. The number of nitrogens with one attached hydrogen (secondary N) is 1. The van der Waals surface area contributed by atoms with Crippen LogP contribution in [0, 0.1) is 5.92 Å². The van der Waals surface area contributed by atoms with Gasteiger partial charge in [0.15, 0.2) is 0 Å². The number of aliphatic hydroxyl groups excluding tert-OH is 1. The maximum Gasteiger partial charge on any atom is 0.202 e. The van der Waals surface area contributed by atoms with Crippen LogP contribution >= 0.6 is 0 Å². The van der Waals surface area contributed by atoms with Crippen molar-refractivity contribution in [1.29, 1.82) is 0 Å². The largest absolute Gasteiger partial charge is 0.388 e. The van der Waals surface area contributed by atoms with E-state index in [9.17, 15) is 0 Å². The van der Waals surface area contributed by atoms with Crippen LogP contribution in [-0.2, 0) is 11.3 Å². The number of hydroxylamine groups is 1. The van der Waals surface area contributed by atoms with E-state index in [4.69, 9.17) is 9.94 Å². The first-order chi connectivity index (χ1) is 8.19. The van der Waals surface area contributed by atoms with Crippen LogP contribution < -0.4 is 5.48 Å². The van der Waals surface area contributed by atoms with E-state index in [2.05, 4.69) is 36.5 Å². The van der Waals surface area contributed by atoms with Crippen molar-refractivity contribution in [1.82, 2.24) is 5.48 Å². The Hall–Kier alpha value is -1.39. The highest BCUT2D eigenvalue weighted by atomic mass is 16.7. The molecule has 1 atom stereocenters. The quantitative estimate of drug-likeness (QED) is 0.835. The van der Waals surface area contributed by atoms with E-state index >= 15 is 0 Å². The molecule has 0 fully saturated rings. The van der Waals surface area contributed by atoms with Crippen molar-refractivity contribution >= 4 is 5.84 Å². The van der Waals surface area contributed by atoms with Gasteiger partial charge in [-0.2, -0.15) is 0 Å². The Morgan fingerprint density at radius 3 is 2.59 bits per heavy atom. The molecule has 4 heteroatoms. The summed E-state index contributed by atoms with van der Waals surface area (Å²) >= 11 is 0. The Labute approximate surface area is 101 Å². The van der Waals surface area contributed by atoms with Crippen molar-refractivity contribution in [2.24, 2.45) is 10.9 Å².